The van der Waals surface area contributed by atoms with E-state index in [-0.39, 0.29) is 6.42 Å². The van der Waals surface area contributed by atoms with Crippen LogP contribution < -0.4 is 10.6 Å². The summed E-state index contributed by atoms with van der Waals surface area (Å²) in [7, 11) is 0. The summed E-state index contributed by atoms with van der Waals surface area (Å²) in [6.07, 6.45) is 5.18. The third-order valence-electron chi connectivity index (χ3n) is 2.33. The highest BCUT2D eigenvalue weighted by Crippen LogP contribution is 2.11. The minimum atomic E-state index is -0.921. The summed E-state index contributed by atoms with van der Waals surface area (Å²) in [5.74, 6) is 1.52. The third kappa shape index (κ3) is 5.13. The first kappa shape index (κ1) is 14.6. The van der Waals surface area contributed by atoms with Gasteiger partial charge in [-0.2, -0.15) is 0 Å². The van der Waals surface area contributed by atoms with Gasteiger partial charge < -0.3 is 15.7 Å². The molecule has 0 saturated heterocycles. The summed E-state index contributed by atoms with van der Waals surface area (Å²) < 4.78 is 0. The summed E-state index contributed by atoms with van der Waals surface area (Å²) >= 11 is 0. The van der Waals surface area contributed by atoms with E-state index in [2.05, 4.69) is 16.6 Å². The fraction of sp³-hybridized carbons (Fsp3) is 0.286. The number of carbonyl (C=O) groups excluding carboxylic acids is 1. The van der Waals surface area contributed by atoms with Crippen LogP contribution in [0.2, 0.25) is 0 Å². The molecule has 0 bridgehead atoms. The normalized spacial score (nSPS) is 10.4. The topological polar surface area (TPSA) is 78.4 Å². The van der Waals surface area contributed by atoms with Crippen molar-refractivity contribution in [3.63, 3.8) is 0 Å². The van der Waals surface area contributed by atoms with Crippen LogP contribution in [0.3, 0.4) is 0 Å². The number of nitrogens with one attached hydrogen (secondary N) is 2. The molecule has 0 saturated carbocycles. The van der Waals surface area contributed by atoms with Gasteiger partial charge in [0.1, 0.15) is 0 Å². The Kier molecular flexibility index (Phi) is 4.54. The van der Waals surface area contributed by atoms with Crippen LogP contribution in [0.15, 0.2) is 24.3 Å². The maximum Gasteiger partial charge on any atom is 0.320 e. The minimum Gasteiger partial charge on any atom is -0.481 e. The number of hydrogen-bond donors (Lipinski definition) is 3. The number of urea groups is 1. The summed E-state index contributed by atoms with van der Waals surface area (Å²) in [6.45, 7) is 3.40. The zero-order chi connectivity index (χ0) is 14.5. The first-order chi connectivity index (χ1) is 8.82. The molecule has 0 radical (unpaired) electrons. The average molecular weight is 260 g/mol. The second-order valence-electron chi connectivity index (χ2n) is 4.62. The molecule has 0 aliphatic carbocycles. The van der Waals surface area contributed by atoms with E-state index in [9.17, 15) is 9.59 Å². The van der Waals surface area contributed by atoms with Crippen molar-refractivity contribution in [3.8, 4) is 12.3 Å². The standard InChI is InChI=1S/C14H16N2O3/c1-4-14(2,3)16-13(19)15-11-7-5-6-10(8-11)9-12(17)18/h1,5-8H,9H2,2-3H3,(H,17,18)(H2,15,16,19). The lowest BCUT2D eigenvalue weighted by molar-refractivity contribution is -0.136. The molecule has 0 fully saturated rings. The van der Waals surface area contributed by atoms with Gasteiger partial charge in [0, 0.05) is 5.69 Å². The Morgan fingerprint density at radius 1 is 1.42 bits per heavy atom. The van der Waals surface area contributed by atoms with Gasteiger partial charge in [-0.3, -0.25) is 4.79 Å². The zero-order valence-electron chi connectivity index (χ0n) is 10.9. The van der Waals surface area contributed by atoms with Crippen molar-refractivity contribution >= 4 is 17.7 Å². The van der Waals surface area contributed by atoms with Crippen LogP contribution in [0.1, 0.15) is 19.4 Å². The smallest absolute Gasteiger partial charge is 0.320 e. The maximum atomic E-state index is 11.7. The quantitative estimate of drug-likeness (QED) is 0.723. The number of carbonyl (C=O) groups is 2. The highest BCUT2D eigenvalue weighted by atomic mass is 16.4. The van der Waals surface area contributed by atoms with Gasteiger partial charge >= 0.3 is 12.0 Å². The molecular formula is C14H16N2O3. The van der Waals surface area contributed by atoms with Crippen molar-refractivity contribution < 1.29 is 14.7 Å². The van der Waals surface area contributed by atoms with E-state index in [1.54, 1.807) is 38.1 Å². The molecule has 5 nitrogen and oxygen atoms in total. The van der Waals surface area contributed by atoms with E-state index >= 15 is 0 Å². The number of aliphatic carboxylic acids is 1. The van der Waals surface area contributed by atoms with Gasteiger partial charge in [0.05, 0.1) is 12.0 Å². The highest BCUT2D eigenvalue weighted by Gasteiger charge is 2.16. The van der Waals surface area contributed by atoms with Crippen molar-refractivity contribution in [3.05, 3.63) is 29.8 Å². The first-order valence-electron chi connectivity index (χ1n) is 5.70. The fourth-order valence-electron chi connectivity index (χ4n) is 1.42. The number of rotatable bonds is 4. The minimum absolute atomic E-state index is 0.0903. The lowest BCUT2D eigenvalue weighted by atomic mass is 10.1. The van der Waals surface area contributed by atoms with Crippen LogP contribution in [-0.2, 0) is 11.2 Å². The van der Waals surface area contributed by atoms with Gasteiger partial charge in [-0.25, -0.2) is 4.79 Å². The monoisotopic (exact) mass is 260 g/mol. The summed E-state index contributed by atoms with van der Waals surface area (Å²) in [4.78, 5) is 22.3. The Morgan fingerprint density at radius 3 is 2.68 bits per heavy atom. The van der Waals surface area contributed by atoms with Gasteiger partial charge in [0.15, 0.2) is 0 Å². The Morgan fingerprint density at radius 2 is 2.11 bits per heavy atom. The molecule has 3 N–H and O–H groups in total. The number of anilines is 1. The molecule has 0 atom stereocenters. The predicted molar refractivity (Wildman–Crippen MR) is 72.8 cm³/mol. The lowest BCUT2D eigenvalue weighted by Crippen LogP contribution is -2.44. The van der Waals surface area contributed by atoms with E-state index in [4.69, 9.17) is 11.5 Å². The van der Waals surface area contributed by atoms with Crippen LogP contribution in [-0.4, -0.2) is 22.6 Å². The number of carboxylic acids is 1. The van der Waals surface area contributed by atoms with Crippen LogP contribution in [0.25, 0.3) is 0 Å². The molecule has 2 amide bonds. The summed E-state index contributed by atoms with van der Waals surface area (Å²) in [5, 5.41) is 13.9. The average Bonchev–Trinajstić information content (AvgIpc) is 2.27. The SMILES string of the molecule is C#CC(C)(C)NC(=O)Nc1cccc(CC(=O)O)c1. The molecule has 5 heteroatoms. The molecule has 19 heavy (non-hydrogen) atoms. The molecule has 0 aliphatic rings. The molecule has 100 valence electrons. The number of terminal acetylenes is 1. The summed E-state index contributed by atoms with van der Waals surface area (Å²) in [6, 6.07) is 6.21. The molecule has 0 aromatic heterocycles. The van der Waals surface area contributed by atoms with Gasteiger partial charge in [0.2, 0.25) is 0 Å². The predicted octanol–water partition coefficient (Wildman–Crippen LogP) is 1.85. The van der Waals surface area contributed by atoms with Crippen LogP contribution >= 0.6 is 0 Å². The largest absolute Gasteiger partial charge is 0.481 e. The number of hydrogen-bond acceptors (Lipinski definition) is 2. The Hall–Kier alpha value is -2.48. The fourth-order valence-corrected chi connectivity index (χ4v) is 1.42. The van der Waals surface area contributed by atoms with Crippen molar-refractivity contribution in [1.82, 2.24) is 5.32 Å². The van der Waals surface area contributed by atoms with E-state index in [0.29, 0.717) is 11.3 Å². The maximum absolute atomic E-state index is 11.7. The molecule has 0 spiro atoms. The van der Waals surface area contributed by atoms with Gasteiger partial charge in [-0.05, 0) is 31.5 Å². The number of benzene rings is 1. The van der Waals surface area contributed by atoms with Crippen LogP contribution in [0.4, 0.5) is 10.5 Å². The molecule has 0 unspecified atom stereocenters. The van der Waals surface area contributed by atoms with E-state index in [1.807, 2.05) is 0 Å². The van der Waals surface area contributed by atoms with Crippen LogP contribution in [0, 0.1) is 12.3 Å². The number of carboxylic acid groups (broad SMARTS) is 1. The zero-order valence-corrected chi connectivity index (χ0v) is 10.9. The molecule has 1 rings (SSSR count). The van der Waals surface area contributed by atoms with Crippen LogP contribution in [0.5, 0.6) is 0 Å². The third-order valence-corrected chi connectivity index (χ3v) is 2.33. The van der Waals surface area contributed by atoms with Crippen molar-refractivity contribution in [2.24, 2.45) is 0 Å². The second-order valence-corrected chi connectivity index (χ2v) is 4.62. The Labute approximate surface area is 112 Å². The van der Waals surface area contributed by atoms with E-state index in [0.717, 1.165) is 0 Å². The first-order valence-corrected chi connectivity index (χ1v) is 5.70. The Balaban J connectivity index is 2.70. The van der Waals surface area contributed by atoms with Crippen molar-refractivity contribution in [2.75, 3.05) is 5.32 Å². The van der Waals surface area contributed by atoms with Gasteiger partial charge in [-0.15, -0.1) is 6.42 Å². The molecule has 0 aliphatic heterocycles. The van der Waals surface area contributed by atoms with E-state index in [1.165, 1.54) is 0 Å². The number of amides is 2. The molecule has 1 aromatic carbocycles. The van der Waals surface area contributed by atoms with Crippen molar-refractivity contribution in [2.45, 2.75) is 25.8 Å². The molecule has 0 heterocycles. The molecule has 1 aromatic rings. The van der Waals surface area contributed by atoms with Crippen molar-refractivity contribution in [1.29, 1.82) is 0 Å². The highest BCUT2D eigenvalue weighted by molar-refractivity contribution is 5.90. The second kappa shape index (κ2) is 5.91. The Bertz CT molecular complexity index is 530. The van der Waals surface area contributed by atoms with Gasteiger partial charge in [0.25, 0.3) is 0 Å². The van der Waals surface area contributed by atoms with Gasteiger partial charge in [-0.1, -0.05) is 18.1 Å². The lowest BCUT2D eigenvalue weighted by Gasteiger charge is -2.19. The molecular weight excluding hydrogens is 244 g/mol. The van der Waals surface area contributed by atoms with E-state index < -0.39 is 17.5 Å². The summed E-state index contributed by atoms with van der Waals surface area (Å²) in [5.41, 5.74) is 0.383.